The van der Waals surface area contributed by atoms with E-state index in [0.717, 1.165) is 16.1 Å². The highest BCUT2D eigenvalue weighted by molar-refractivity contribution is 7.17. The molecule has 3 aromatic rings. The molecule has 3 heteroatoms. The van der Waals surface area contributed by atoms with Crippen LogP contribution in [0.25, 0.3) is 21.2 Å². The molecule has 90 valence electrons. The fourth-order valence-corrected chi connectivity index (χ4v) is 3.28. The standard InChI is InChI=1S/C15H12ClNS/c16-12-5-4-11(9-17)14(8-12)13-3-1-2-10-6-7-18-15(10)13/h1-8H,9,17H2. The van der Waals surface area contributed by atoms with Gasteiger partial charge in [0.05, 0.1) is 0 Å². The van der Waals surface area contributed by atoms with Gasteiger partial charge in [0.15, 0.2) is 0 Å². The van der Waals surface area contributed by atoms with Crippen LogP contribution in [0.3, 0.4) is 0 Å². The maximum Gasteiger partial charge on any atom is 0.0421 e. The second-order valence-corrected chi connectivity index (χ2v) is 5.50. The topological polar surface area (TPSA) is 26.0 Å². The summed E-state index contributed by atoms with van der Waals surface area (Å²) in [6.07, 6.45) is 0. The van der Waals surface area contributed by atoms with Gasteiger partial charge in [0.1, 0.15) is 0 Å². The molecule has 0 fully saturated rings. The van der Waals surface area contributed by atoms with E-state index in [4.69, 9.17) is 17.3 Å². The predicted octanol–water partition coefficient (Wildman–Crippen LogP) is 4.68. The number of hydrogen-bond acceptors (Lipinski definition) is 2. The van der Waals surface area contributed by atoms with Crippen molar-refractivity contribution < 1.29 is 0 Å². The Morgan fingerprint density at radius 3 is 2.78 bits per heavy atom. The van der Waals surface area contributed by atoms with E-state index >= 15 is 0 Å². The lowest BCUT2D eigenvalue weighted by molar-refractivity contribution is 1.07. The fourth-order valence-electron chi connectivity index (χ4n) is 2.18. The van der Waals surface area contributed by atoms with Gasteiger partial charge in [-0.25, -0.2) is 0 Å². The first-order valence-electron chi connectivity index (χ1n) is 5.74. The van der Waals surface area contributed by atoms with Crippen molar-refractivity contribution >= 4 is 33.0 Å². The highest BCUT2D eigenvalue weighted by Crippen LogP contribution is 2.35. The largest absolute Gasteiger partial charge is 0.326 e. The fraction of sp³-hybridized carbons (Fsp3) is 0.0667. The van der Waals surface area contributed by atoms with Crippen LogP contribution in [0.2, 0.25) is 5.02 Å². The molecule has 0 amide bonds. The molecule has 1 aromatic heterocycles. The number of nitrogens with two attached hydrogens (primary N) is 1. The highest BCUT2D eigenvalue weighted by atomic mass is 35.5. The Hall–Kier alpha value is -1.35. The lowest BCUT2D eigenvalue weighted by Gasteiger charge is -2.09. The van der Waals surface area contributed by atoms with E-state index in [9.17, 15) is 0 Å². The van der Waals surface area contributed by atoms with Crippen LogP contribution in [0, 0.1) is 0 Å². The lowest BCUT2D eigenvalue weighted by Crippen LogP contribution is -1.98. The molecule has 0 atom stereocenters. The molecule has 0 aliphatic carbocycles. The average molecular weight is 274 g/mol. The van der Waals surface area contributed by atoms with Gasteiger partial charge in [-0.2, -0.15) is 0 Å². The normalized spacial score (nSPS) is 11.0. The molecule has 1 nitrogen and oxygen atoms in total. The number of fused-ring (bicyclic) bond motifs is 1. The third kappa shape index (κ3) is 1.93. The van der Waals surface area contributed by atoms with Crippen LogP contribution in [-0.4, -0.2) is 0 Å². The van der Waals surface area contributed by atoms with E-state index in [1.807, 2.05) is 18.2 Å². The average Bonchev–Trinajstić information content (AvgIpc) is 2.86. The summed E-state index contributed by atoms with van der Waals surface area (Å²) < 4.78 is 1.29. The van der Waals surface area contributed by atoms with Gasteiger partial charge in [-0.3, -0.25) is 0 Å². The van der Waals surface area contributed by atoms with Crippen molar-refractivity contribution in [2.45, 2.75) is 6.54 Å². The quantitative estimate of drug-likeness (QED) is 0.721. The first-order valence-corrected chi connectivity index (χ1v) is 7.00. The van der Waals surface area contributed by atoms with Crippen molar-refractivity contribution in [1.29, 1.82) is 0 Å². The summed E-state index contributed by atoms with van der Waals surface area (Å²) >= 11 is 7.86. The number of benzene rings is 2. The van der Waals surface area contributed by atoms with Gasteiger partial charge >= 0.3 is 0 Å². The van der Waals surface area contributed by atoms with Crippen molar-refractivity contribution in [2.24, 2.45) is 5.73 Å². The van der Waals surface area contributed by atoms with Crippen LogP contribution in [0.4, 0.5) is 0 Å². The Morgan fingerprint density at radius 1 is 1.06 bits per heavy atom. The van der Waals surface area contributed by atoms with Crippen molar-refractivity contribution in [1.82, 2.24) is 0 Å². The van der Waals surface area contributed by atoms with Gasteiger partial charge in [-0.05, 0) is 45.7 Å². The van der Waals surface area contributed by atoms with Gasteiger partial charge in [0.2, 0.25) is 0 Å². The Balaban J connectivity index is 2.31. The molecular formula is C15H12ClNS. The SMILES string of the molecule is NCc1ccc(Cl)cc1-c1cccc2ccsc12. The van der Waals surface area contributed by atoms with Crippen LogP contribution < -0.4 is 5.73 Å². The van der Waals surface area contributed by atoms with Gasteiger partial charge in [0.25, 0.3) is 0 Å². The zero-order valence-electron chi connectivity index (χ0n) is 9.69. The molecule has 1 heterocycles. The third-order valence-corrected chi connectivity index (χ3v) is 4.26. The first kappa shape index (κ1) is 11.7. The minimum absolute atomic E-state index is 0.522. The Bertz CT molecular complexity index is 703. The van der Waals surface area contributed by atoms with Crippen LogP contribution in [0.1, 0.15) is 5.56 Å². The Labute approximate surface area is 115 Å². The molecule has 0 unspecified atom stereocenters. The Kier molecular flexibility index (Phi) is 3.08. The zero-order chi connectivity index (χ0) is 12.5. The molecule has 0 radical (unpaired) electrons. The maximum atomic E-state index is 6.11. The van der Waals surface area contributed by atoms with E-state index in [2.05, 4.69) is 29.6 Å². The van der Waals surface area contributed by atoms with Gasteiger partial charge in [-0.1, -0.05) is 35.9 Å². The summed E-state index contributed by atoms with van der Waals surface area (Å²) in [6, 6.07) is 14.4. The van der Waals surface area contributed by atoms with Gasteiger partial charge < -0.3 is 5.73 Å². The van der Waals surface area contributed by atoms with Crippen LogP contribution in [0.15, 0.2) is 47.8 Å². The maximum absolute atomic E-state index is 6.11. The summed E-state index contributed by atoms with van der Waals surface area (Å²) in [4.78, 5) is 0. The molecule has 2 aromatic carbocycles. The molecule has 0 aliphatic rings. The third-order valence-electron chi connectivity index (χ3n) is 3.06. The minimum Gasteiger partial charge on any atom is -0.326 e. The van der Waals surface area contributed by atoms with Crippen molar-refractivity contribution in [3.05, 3.63) is 58.4 Å². The summed E-state index contributed by atoms with van der Waals surface area (Å²) in [7, 11) is 0. The van der Waals surface area contributed by atoms with E-state index in [1.54, 1.807) is 11.3 Å². The summed E-state index contributed by atoms with van der Waals surface area (Å²) in [5, 5.41) is 4.12. The summed E-state index contributed by atoms with van der Waals surface area (Å²) in [6.45, 7) is 0.522. The molecule has 3 rings (SSSR count). The summed E-state index contributed by atoms with van der Waals surface area (Å²) in [5.74, 6) is 0. The van der Waals surface area contributed by atoms with Crippen molar-refractivity contribution in [3.63, 3.8) is 0 Å². The van der Waals surface area contributed by atoms with Crippen LogP contribution in [-0.2, 0) is 6.54 Å². The highest BCUT2D eigenvalue weighted by Gasteiger charge is 2.09. The monoisotopic (exact) mass is 273 g/mol. The smallest absolute Gasteiger partial charge is 0.0421 e. The van der Waals surface area contributed by atoms with E-state index in [0.29, 0.717) is 6.54 Å². The summed E-state index contributed by atoms with van der Waals surface area (Å²) in [5.41, 5.74) is 9.29. The van der Waals surface area contributed by atoms with Crippen molar-refractivity contribution in [2.75, 3.05) is 0 Å². The molecule has 0 spiro atoms. The van der Waals surface area contributed by atoms with E-state index < -0.39 is 0 Å². The predicted molar refractivity (Wildman–Crippen MR) is 80.2 cm³/mol. The number of hydrogen-bond donors (Lipinski definition) is 1. The van der Waals surface area contributed by atoms with Crippen molar-refractivity contribution in [3.8, 4) is 11.1 Å². The lowest BCUT2D eigenvalue weighted by atomic mass is 9.99. The minimum atomic E-state index is 0.522. The van der Waals surface area contributed by atoms with Gasteiger partial charge in [0, 0.05) is 16.3 Å². The second-order valence-electron chi connectivity index (χ2n) is 4.15. The number of rotatable bonds is 2. The molecule has 18 heavy (non-hydrogen) atoms. The van der Waals surface area contributed by atoms with E-state index in [1.165, 1.54) is 15.6 Å². The molecule has 2 N–H and O–H groups in total. The number of halogens is 1. The molecule has 0 bridgehead atoms. The second kappa shape index (κ2) is 4.73. The molecular weight excluding hydrogens is 262 g/mol. The molecule has 0 saturated carbocycles. The molecule has 0 aliphatic heterocycles. The number of thiophene rings is 1. The van der Waals surface area contributed by atoms with Crippen LogP contribution in [0.5, 0.6) is 0 Å². The molecule has 0 saturated heterocycles. The van der Waals surface area contributed by atoms with E-state index in [-0.39, 0.29) is 0 Å². The van der Waals surface area contributed by atoms with Gasteiger partial charge in [-0.15, -0.1) is 11.3 Å². The first-order chi connectivity index (χ1) is 8.79. The Morgan fingerprint density at radius 2 is 1.94 bits per heavy atom. The van der Waals surface area contributed by atoms with Crippen LogP contribution >= 0.6 is 22.9 Å². The zero-order valence-corrected chi connectivity index (χ0v) is 11.3.